The Kier molecular flexibility index (Phi) is 3.69. The van der Waals surface area contributed by atoms with Crippen LogP contribution in [-0.4, -0.2) is 17.0 Å². The molecule has 0 atom stereocenters. The Morgan fingerprint density at radius 1 is 1.29 bits per heavy atom. The molecule has 1 aliphatic carbocycles. The number of aromatic carboxylic acids is 1. The Bertz CT molecular complexity index is 717. The van der Waals surface area contributed by atoms with Crippen molar-refractivity contribution < 1.29 is 14.7 Å². The zero-order valence-corrected chi connectivity index (χ0v) is 12.6. The van der Waals surface area contributed by atoms with Crippen LogP contribution in [0.4, 0.5) is 5.69 Å². The molecule has 0 bridgehead atoms. The maximum atomic E-state index is 12.3. The van der Waals surface area contributed by atoms with Gasteiger partial charge in [-0.3, -0.25) is 4.79 Å². The first-order chi connectivity index (χ1) is 10.1. The van der Waals surface area contributed by atoms with Gasteiger partial charge in [-0.25, -0.2) is 4.79 Å². The van der Waals surface area contributed by atoms with Crippen molar-refractivity contribution in [2.75, 3.05) is 5.32 Å². The molecule has 0 saturated heterocycles. The summed E-state index contributed by atoms with van der Waals surface area (Å²) in [4.78, 5) is 25.3. The van der Waals surface area contributed by atoms with Crippen molar-refractivity contribution in [2.45, 2.75) is 19.3 Å². The van der Waals surface area contributed by atoms with Gasteiger partial charge < -0.3 is 10.4 Å². The van der Waals surface area contributed by atoms with Gasteiger partial charge >= 0.3 is 5.97 Å². The van der Waals surface area contributed by atoms with Crippen molar-refractivity contribution in [3.05, 3.63) is 50.2 Å². The Hall–Kier alpha value is -1.85. The molecule has 108 valence electrons. The van der Waals surface area contributed by atoms with E-state index in [9.17, 15) is 9.59 Å². The van der Waals surface area contributed by atoms with Crippen molar-refractivity contribution in [2.24, 2.45) is 0 Å². The summed E-state index contributed by atoms with van der Waals surface area (Å²) < 4.78 is 0. The zero-order valence-electron chi connectivity index (χ0n) is 11.0. The van der Waals surface area contributed by atoms with Gasteiger partial charge in [0.2, 0.25) is 0 Å². The van der Waals surface area contributed by atoms with E-state index in [-0.39, 0.29) is 22.2 Å². The van der Waals surface area contributed by atoms with Crippen molar-refractivity contribution in [3.63, 3.8) is 0 Å². The van der Waals surface area contributed by atoms with Gasteiger partial charge in [0, 0.05) is 4.88 Å². The van der Waals surface area contributed by atoms with E-state index in [1.807, 2.05) is 6.07 Å². The van der Waals surface area contributed by atoms with E-state index in [0.29, 0.717) is 4.88 Å². The average Bonchev–Trinajstić information content (AvgIpc) is 3.01. The number of aryl methyl sites for hydroxylation is 2. The SMILES string of the molecule is O=C(Nc1c(Cl)cccc1C(=O)O)c1cc2c(s1)CCC2. The van der Waals surface area contributed by atoms with Crippen LogP contribution in [0.1, 0.15) is 36.9 Å². The number of hydrogen-bond donors (Lipinski definition) is 2. The molecule has 1 heterocycles. The monoisotopic (exact) mass is 321 g/mol. The Morgan fingerprint density at radius 3 is 2.81 bits per heavy atom. The molecule has 2 N–H and O–H groups in total. The van der Waals surface area contributed by atoms with E-state index in [1.54, 1.807) is 12.1 Å². The lowest BCUT2D eigenvalue weighted by atomic mass is 10.1. The van der Waals surface area contributed by atoms with Crippen LogP contribution in [0.5, 0.6) is 0 Å². The molecule has 4 nitrogen and oxygen atoms in total. The van der Waals surface area contributed by atoms with Crippen molar-refractivity contribution in [1.29, 1.82) is 0 Å². The molecule has 3 rings (SSSR count). The second-order valence-electron chi connectivity index (χ2n) is 4.83. The normalized spacial score (nSPS) is 13.0. The first kappa shape index (κ1) is 14.1. The number of hydrogen-bond acceptors (Lipinski definition) is 3. The highest BCUT2D eigenvalue weighted by atomic mass is 35.5. The van der Waals surface area contributed by atoms with Gasteiger partial charge in [-0.1, -0.05) is 17.7 Å². The predicted octanol–water partition coefficient (Wildman–Crippen LogP) is 3.84. The molecule has 0 unspecified atom stereocenters. The van der Waals surface area contributed by atoms with E-state index in [0.717, 1.165) is 19.3 Å². The molecule has 1 aliphatic rings. The van der Waals surface area contributed by atoms with E-state index in [1.165, 1.54) is 27.8 Å². The van der Waals surface area contributed by atoms with Crippen LogP contribution in [0.25, 0.3) is 0 Å². The molecule has 6 heteroatoms. The van der Waals surface area contributed by atoms with E-state index in [2.05, 4.69) is 5.32 Å². The number of carboxylic acid groups (broad SMARTS) is 1. The summed E-state index contributed by atoms with van der Waals surface area (Å²) in [5.41, 5.74) is 1.35. The lowest BCUT2D eigenvalue weighted by molar-refractivity contribution is 0.0698. The maximum Gasteiger partial charge on any atom is 0.337 e. The number of carbonyl (C=O) groups is 2. The predicted molar refractivity (Wildman–Crippen MR) is 82.7 cm³/mol. The molecule has 1 amide bonds. The molecule has 1 aromatic carbocycles. The summed E-state index contributed by atoms with van der Waals surface area (Å²) in [6, 6.07) is 6.40. The molecule has 0 aliphatic heterocycles. The van der Waals surface area contributed by atoms with Crippen LogP contribution in [0.15, 0.2) is 24.3 Å². The van der Waals surface area contributed by atoms with Crippen LogP contribution in [-0.2, 0) is 12.8 Å². The summed E-state index contributed by atoms with van der Waals surface area (Å²) in [5.74, 6) is -1.44. The summed E-state index contributed by atoms with van der Waals surface area (Å²) >= 11 is 7.47. The number of benzene rings is 1. The number of carboxylic acids is 1. The number of rotatable bonds is 3. The van der Waals surface area contributed by atoms with Crippen molar-refractivity contribution in [1.82, 2.24) is 0 Å². The Labute approximate surface area is 130 Å². The molecule has 21 heavy (non-hydrogen) atoms. The first-order valence-electron chi connectivity index (χ1n) is 6.51. The van der Waals surface area contributed by atoms with E-state index >= 15 is 0 Å². The number of para-hydroxylation sites is 1. The van der Waals surface area contributed by atoms with E-state index in [4.69, 9.17) is 16.7 Å². The lowest BCUT2D eigenvalue weighted by Gasteiger charge is -2.09. The fourth-order valence-electron chi connectivity index (χ4n) is 2.45. The van der Waals surface area contributed by atoms with Gasteiger partial charge in [0.1, 0.15) is 0 Å². The fourth-order valence-corrected chi connectivity index (χ4v) is 3.82. The molecule has 1 aromatic heterocycles. The van der Waals surface area contributed by atoms with E-state index < -0.39 is 5.97 Å². The highest BCUT2D eigenvalue weighted by molar-refractivity contribution is 7.14. The van der Waals surface area contributed by atoms with Crippen LogP contribution < -0.4 is 5.32 Å². The minimum absolute atomic E-state index is 0.0139. The molecule has 0 saturated carbocycles. The molecule has 2 aromatic rings. The number of fused-ring (bicyclic) bond motifs is 1. The maximum absolute atomic E-state index is 12.3. The number of anilines is 1. The highest BCUT2D eigenvalue weighted by Crippen LogP contribution is 2.32. The van der Waals surface area contributed by atoms with Gasteiger partial charge in [-0.2, -0.15) is 0 Å². The number of halogens is 1. The fraction of sp³-hybridized carbons (Fsp3) is 0.200. The van der Waals surface area contributed by atoms with Crippen LogP contribution in [0.2, 0.25) is 5.02 Å². The molecule has 0 fully saturated rings. The lowest BCUT2D eigenvalue weighted by Crippen LogP contribution is -2.14. The average molecular weight is 322 g/mol. The molecule has 0 radical (unpaired) electrons. The number of nitrogens with one attached hydrogen (secondary N) is 1. The van der Waals surface area contributed by atoms with Crippen LogP contribution >= 0.6 is 22.9 Å². The van der Waals surface area contributed by atoms with Crippen molar-refractivity contribution >= 4 is 40.5 Å². The standard InChI is InChI=1S/C15H12ClNO3S/c16-10-5-2-4-9(15(19)20)13(10)17-14(18)12-7-8-3-1-6-11(8)21-12/h2,4-5,7H,1,3,6H2,(H,17,18)(H,19,20). The summed E-state index contributed by atoms with van der Waals surface area (Å²) in [6.45, 7) is 0. The van der Waals surface area contributed by atoms with Gasteiger partial charge in [-0.05, 0) is 43.0 Å². The number of thiophene rings is 1. The van der Waals surface area contributed by atoms with Crippen LogP contribution in [0.3, 0.4) is 0 Å². The van der Waals surface area contributed by atoms with Gasteiger partial charge in [-0.15, -0.1) is 11.3 Å². The topological polar surface area (TPSA) is 66.4 Å². The second-order valence-corrected chi connectivity index (χ2v) is 6.38. The largest absolute Gasteiger partial charge is 0.478 e. The smallest absolute Gasteiger partial charge is 0.337 e. The van der Waals surface area contributed by atoms with Gasteiger partial charge in [0.05, 0.1) is 21.2 Å². The number of carbonyl (C=O) groups excluding carboxylic acids is 1. The third-order valence-electron chi connectivity index (χ3n) is 3.45. The van der Waals surface area contributed by atoms with Crippen molar-refractivity contribution in [3.8, 4) is 0 Å². The minimum Gasteiger partial charge on any atom is -0.478 e. The minimum atomic E-state index is -1.12. The molecular formula is C15H12ClNO3S. The third-order valence-corrected chi connectivity index (χ3v) is 5.00. The third kappa shape index (κ3) is 2.66. The Morgan fingerprint density at radius 2 is 2.10 bits per heavy atom. The highest BCUT2D eigenvalue weighted by Gasteiger charge is 2.21. The zero-order chi connectivity index (χ0) is 15.0. The second kappa shape index (κ2) is 5.50. The van der Waals surface area contributed by atoms with Gasteiger partial charge in [0.15, 0.2) is 0 Å². The number of amides is 1. The van der Waals surface area contributed by atoms with Gasteiger partial charge in [0.25, 0.3) is 5.91 Å². The summed E-state index contributed by atoms with van der Waals surface area (Å²) in [6.07, 6.45) is 3.15. The quantitative estimate of drug-likeness (QED) is 0.902. The first-order valence-corrected chi connectivity index (χ1v) is 7.70. The summed E-state index contributed by atoms with van der Waals surface area (Å²) in [7, 11) is 0. The summed E-state index contributed by atoms with van der Waals surface area (Å²) in [5, 5.41) is 12.0. The molecular weight excluding hydrogens is 310 g/mol. The Balaban J connectivity index is 1.89. The van der Waals surface area contributed by atoms with Crippen LogP contribution in [0, 0.1) is 0 Å². The molecule has 0 spiro atoms.